The van der Waals surface area contributed by atoms with Crippen LogP contribution in [0.2, 0.25) is 0 Å². The summed E-state index contributed by atoms with van der Waals surface area (Å²) in [6, 6.07) is 17.2. The van der Waals surface area contributed by atoms with Gasteiger partial charge in [-0.25, -0.2) is 0 Å². The number of carbonyl (C=O) groups is 1. The van der Waals surface area contributed by atoms with Crippen LogP contribution < -0.4 is 0 Å². The number of aromatic nitrogens is 1. The molecule has 2 aromatic carbocycles. The van der Waals surface area contributed by atoms with Crippen molar-refractivity contribution < 1.29 is 9.53 Å². The van der Waals surface area contributed by atoms with E-state index in [2.05, 4.69) is 65.3 Å². The largest absolute Gasteiger partial charge is 0.381 e. The van der Waals surface area contributed by atoms with E-state index in [1.807, 2.05) is 12.4 Å². The van der Waals surface area contributed by atoms with Crippen LogP contribution in [-0.4, -0.2) is 42.1 Å². The second-order valence-corrected chi connectivity index (χ2v) is 9.87. The van der Waals surface area contributed by atoms with Gasteiger partial charge in [0.25, 0.3) is 0 Å². The normalized spacial score (nSPS) is 21.0. The lowest BCUT2D eigenvalue weighted by Crippen LogP contribution is -2.50. The fourth-order valence-electron chi connectivity index (χ4n) is 5.76. The zero-order valence-corrected chi connectivity index (χ0v) is 19.6. The first kappa shape index (κ1) is 22.1. The zero-order chi connectivity index (χ0) is 22.7. The first-order valence-electron chi connectivity index (χ1n) is 12.4. The highest BCUT2D eigenvalue weighted by Crippen LogP contribution is 2.38. The molecule has 0 aliphatic carbocycles. The van der Waals surface area contributed by atoms with E-state index in [1.165, 1.54) is 28.3 Å². The van der Waals surface area contributed by atoms with E-state index in [1.54, 1.807) is 0 Å². The number of nitrogens with zero attached hydrogens (tertiary/aromatic N) is 2. The van der Waals surface area contributed by atoms with Gasteiger partial charge in [0.1, 0.15) is 0 Å². The molecule has 0 bridgehead atoms. The van der Waals surface area contributed by atoms with Gasteiger partial charge in [0.05, 0.1) is 5.41 Å². The van der Waals surface area contributed by atoms with Gasteiger partial charge in [-0.2, -0.15) is 0 Å². The molecular formula is C29H34N2O2. The summed E-state index contributed by atoms with van der Waals surface area (Å²) in [7, 11) is 0. The van der Waals surface area contributed by atoms with Crippen molar-refractivity contribution in [3.8, 4) is 0 Å². The Kier molecular flexibility index (Phi) is 6.45. The molecule has 0 radical (unpaired) electrons. The molecule has 1 atom stereocenters. The number of benzene rings is 2. The molecule has 0 unspecified atom stereocenters. The van der Waals surface area contributed by atoms with Crippen LogP contribution in [-0.2, 0) is 21.4 Å². The monoisotopic (exact) mass is 442 g/mol. The van der Waals surface area contributed by atoms with Crippen molar-refractivity contribution in [1.29, 1.82) is 0 Å². The van der Waals surface area contributed by atoms with Crippen LogP contribution in [0.25, 0.3) is 10.8 Å². The Morgan fingerprint density at radius 3 is 2.70 bits per heavy atom. The lowest BCUT2D eigenvalue weighted by atomic mass is 9.72. The quantitative estimate of drug-likeness (QED) is 0.539. The maximum Gasteiger partial charge on any atom is 0.233 e. The van der Waals surface area contributed by atoms with Gasteiger partial charge in [-0.15, -0.1) is 0 Å². The molecule has 1 aromatic heterocycles. The van der Waals surface area contributed by atoms with Crippen LogP contribution in [0.4, 0.5) is 0 Å². The molecule has 4 nitrogen and oxygen atoms in total. The second kappa shape index (κ2) is 9.64. The molecule has 172 valence electrons. The average Bonchev–Trinajstić information content (AvgIpc) is 3.10. The van der Waals surface area contributed by atoms with E-state index in [9.17, 15) is 4.79 Å². The van der Waals surface area contributed by atoms with Crippen molar-refractivity contribution in [3.05, 3.63) is 77.6 Å². The Morgan fingerprint density at radius 1 is 1.06 bits per heavy atom. The lowest BCUT2D eigenvalue weighted by molar-refractivity contribution is -0.141. The molecule has 3 aromatic rings. The molecule has 33 heavy (non-hydrogen) atoms. The number of likely N-dealkylation sites (tertiary alicyclic amines) is 1. The number of hydrogen-bond acceptors (Lipinski definition) is 3. The summed E-state index contributed by atoms with van der Waals surface area (Å²) in [5, 5.41) is 2.52. The third-order valence-corrected chi connectivity index (χ3v) is 7.78. The van der Waals surface area contributed by atoms with Crippen molar-refractivity contribution in [2.24, 2.45) is 5.92 Å². The topological polar surface area (TPSA) is 42.4 Å². The Bertz CT molecular complexity index is 1100. The van der Waals surface area contributed by atoms with Gasteiger partial charge in [-0.05, 0) is 73.9 Å². The minimum atomic E-state index is -0.437. The molecule has 4 heteroatoms. The Hall–Kier alpha value is -2.72. The van der Waals surface area contributed by atoms with Crippen molar-refractivity contribution in [1.82, 2.24) is 9.88 Å². The summed E-state index contributed by atoms with van der Waals surface area (Å²) in [5.74, 6) is 0.906. The van der Waals surface area contributed by atoms with Gasteiger partial charge in [0.15, 0.2) is 0 Å². The summed E-state index contributed by atoms with van der Waals surface area (Å²) >= 11 is 0. The van der Waals surface area contributed by atoms with E-state index in [0.717, 1.165) is 50.8 Å². The van der Waals surface area contributed by atoms with E-state index < -0.39 is 5.41 Å². The summed E-state index contributed by atoms with van der Waals surface area (Å²) in [4.78, 5) is 20.5. The molecule has 5 rings (SSSR count). The summed E-state index contributed by atoms with van der Waals surface area (Å²) in [5.41, 5.74) is 3.33. The molecule has 0 N–H and O–H groups in total. The van der Waals surface area contributed by atoms with Gasteiger partial charge in [0.2, 0.25) is 5.91 Å². The number of hydrogen-bond donors (Lipinski definition) is 0. The summed E-state index contributed by atoms with van der Waals surface area (Å²) < 4.78 is 5.67. The molecule has 0 saturated carbocycles. The highest BCUT2D eigenvalue weighted by atomic mass is 16.5. The number of pyridine rings is 1. The Morgan fingerprint density at radius 2 is 1.88 bits per heavy atom. The van der Waals surface area contributed by atoms with Gasteiger partial charge in [0, 0.05) is 44.1 Å². The van der Waals surface area contributed by atoms with Crippen LogP contribution in [0, 0.1) is 12.8 Å². The van der Waals surface area contributed by atoms with E-state index in [4.69, 9.17) is 4.74 Å². The van der Waals surface area contributed by atoms with Crippen molar-refractivity contribution in [2.45, 2.75) is 50.9 Å². The zero-order valence-electron chi connectivity index (χ0n) is 19.6. The predicted molar refractivity (Wildman–Crippen MR) is 132 cm³/mol. The molecule has 3 heterocycles. The minimum absolute atomic E-state index is 0.310. The Balaban J connectivity index is 1.32. The van der Waals surface area contributed by atoms with Gasteiger partial charge in [-0.1, -0.05) is 48.0 Å². The predicted octanol–water partition coefficient (Wildman–Crippen LogP) is 5.46. The smallest absolute Gasteiger partial charge is 0.233 e. The van der Waals surface area contributed by atoms with E-state index >= 15 is 0 Å². The standard InChI is InChI=1S/C29H34N2O2/c1-22-7-9-26(10-8-22)29(13-18-33-19-14-29)28(32)31-16-3-4-23(12-17-31)20-25-6-2-5-24-11-15-30-21-27(24)25/h2,5-11,15,21,23H,3-4,12-14,16-20H2,1H3/t23-/m0/s1. The second-order valence-electron chi connectivity index (χ2n) is 9.87. The average molecular weight is 443 g/mol. The number of ether oxygens (including phenoxy) is 1. The highest BCUT2D eigenvalue weighted by molar-refractivity contribution is 5.88. The van der Waals surface area contributed by atoms with Crippen molar-refractivity contribution in [2.75, 3.05) is 26.3 Å². The number of rotatable bonds is 4. The number of fused-ring (bicyclic) bond motifs is 1. The molecule has 2 aliphatic rings. The maximum atomic E-state index is 14.0. The summed E-state index contributed by atoms with van der Waals surface area (Å²) in [6.07, 6.45) is 9.76. The SMILES string of the molecule is Cc1ccc(C2(C(=O)N3CCC[C@H](Cc4cccc5ccncc45)CC3)CCOCC2)cc1. The molecular weight excluding hydrogens is 408 g/mol. The van der Waals surface area contributed by atoms with Gasteiger partial charge >= 0.3 is 0 Å². The molecule has 2 saturated heterocycles. The first-order valence-corrected chi connectivity index (χ1v) is 12.4. The molecule has 1 amide bonds. The first-order chi connectivity index (χ1) is 16.2. The van der Waals surface area contributed by atoms with Crippen molar-refractivity contribution in [3.63, 3.8) is 0 Å². The third-order valence-electron chi connectivity index (χ3n) is 7.78. The van der Waals surface area contributed by atoms with Gasteiger partial charge < -0.3 is 9.64 Å². The van der Waals surface area contributed by atoms with Crippen LogP contribution in [0.1, 0.15) is 48.8 Å². The van der Waals surface area contributed by atoms with E-state index in [-0.39, 0.29) is 0 Å². The lowest BCUT2D eigenvalue weighted by Gasteiger charge is -2.40. The number of amides is 1. The fourth-order valence-corrected chi connectivity index (χ4v) is 5.76. The molecule has 2 aliphatic heterocycles. The van der Waals surface area contributed by atoms with Crippen LogP contribution in [0.3, 0.4) is 0 Å². The Labute approximate surface area is 197 Å². The van der Waals surface area contributed by atoms with Gasteiger partial charge in [-0.3, -0.25) is 9.78 Å². The summed E-state index contributed by atoms with van der Waals surface area (Å²) in [6.45, 7) is 5.13. The van der Waals surface area contributed by atoms with Crippen molar-refractivity contribution >= 4 is 16.7 Å². The fraction of sp³-hybridized carbons (Fsp3) is 0.448. The molecule has 2 fully saturated rings. The highest BCUT2D eigenvalue weighted by Gasteiger charge is 2.44. The van der Waals surface area contributed by atoms with E-state index in [0.29, 0.717) is 25.0 Å². The number of carbonyl (C=O) groups excluding carboxylic acids is 1. The van der Waals surface area contributed by atoms with Crippen LogP contribution in [0.5, 0.6) is 0 Å². The maximum absolute atomic E-state index is 14.0. The van der Waals surface area contributed by atoms with Crippen LogP contribution in [0.15, 0.2) is 60.9 Å². The molecule has 0 spiro atoms. The number of aryl methyl sites for hydroxylation is 1. The minimum Gasteiger partial charge on any atom is -0.381 e. The van der Waals surface area contributed by atoms with Crippen LogP contribution >= 0.6 is 0 Å². The third kappa shape index (κ3) is 4.54.